The Morgan fingerprint density at radius 2 is 2.00 bits per heavy atom. The van der Waals surface area contributed by atoms with E-state index in [2.05, 4.69) is 11.8 Å². The number of ether oxygens (including phenoxy) is 1. The molecule has 2 fully saturated rings. The largest absolute Gasteiger partial charge is 0.393 e. The lowest BCUT2D eigenvalue weighted by atomic mass is 9.96. The Hall–Kier alpha value is -0.120. The molecule has 1 saturated heterocycles. The fraction of sp³-hybridized carbons (Fsp3) is 1.00. The average Bonchev–Trinajstić information content (AvgIpc) is 2.71. The van der Waals surface area contributed by atoms with Crippen molar-refractivity contribution in [1.29, 1.82) is 0 Å². The van der Waals surface area contributed by atoms with Crippen molar-refractivity contribution in [3.05, 3.63) is 0 Å². The molecule has 0 aromatic rings. The molecule has 3 unspecified atom stereocenters. The highest BCUT2D eigenvalue weighted by atomic mass is 16.5. The van der Waals surface area contributed by atoms with Crippen molar-refractivity contribution in [2.45, 2.75) is 64.1 Å². The van der Waals surface area contributed by atoms with Gasteiger partial charge in [-0.15, -0.1) is 0 Å². The van der Waals surface area contributed by atoms with Crippen molar-refractivity contribution in [1.82, 2.24) is 4.90 Å². The van der Waals surface area contributed by atoms with Gasteiger partial charge in [0.15, 0.2) is 0 Å². The van der Waals surface area contributed by atoms with Crippen LogP contribution in [0.15, 0.2) is 0 Å². The maximum Gasteiger partial charge on any atom is 0.0699 e. The van der Waals surface area contributed by atoms with Crippen LogP contribution in [0.2, 0.25) is 0 Å². The predicted molar refractivity (Wildman–Crippen MR) is 73.7 cm³/mol. The van der Waals surface area contributed by atoms with E-state index < -0.39 is 0 Å². The van der Waals surface area contributed by atoms with E-state index in [0.717, 1.165) is 45.5 Å². The first kappa shape index (κ1) is 14.3. The Balaban J connectivity index is 1.85. The molecule has 2 aliphatic rings. The van der Waals surface area contributed by atoms with E-state index in [1.807, 2.05) is 0 Å². The van der Waals surface area contributed by atoms with E-state index >= 15 is 0 Å². The Kier molecular flexibility index (Phi) is 5.93. The smallest absolute Gasteiger partial charge is 0.0699 e. The minimum absolute atomic E-state index is 0.0725. The van der Waals surface area contributed by atoms with Crippen LogP contribution < -0.4 is 0 Å². The Morgan fingerprint density at radius 1 is 1.17 bits per heavy atom. The number of hydrogen-bond acceptors (Lipinski definition) is 3. The van der Waals surface area contributed by atoms with Crippen LogP contribution in [0, 0.1) is 5.92 Å². The Bertz CT molecular complexity index is 235. The van der Waals surface area contributed by atoms with Gasteiger partial charge in [0.25, 0.3) is 0 Å². The molecule has 18 heavy (non-hydrogen) atoms. The van der Waals surface area contributed by atoms with Crippen molar-refractivity contribution in [3.63, 3.8) is 0 Å². The molecule has 0 radical (unpaired) electrons. The molecule has 106 valence electrons. The summed E-state index contributed by atoms with van der Waals surface area (Å²) in [7, 11) is 0. The predicted octanol–water partition coefficient (Wildman–Crippen LogP) is 2.43. The van der Waals surface area contributed by atoms with Gasteiger partial charge in [0.05, 0.1) is 12.2 Å². The number of rotatable bonds is 3. The molecular weight excluding hydrogens is 226 g/mol. The highest BCUT2D eigenvalue weighted by molar-refractivity contribution is 4.78. The van der Waals surface area contributed by atoms with Crippen molar-refractivity contribution in [2.75, 3.05) is 26.2 Å². The van der Waals surface area contributed by atoms with Crippen LogP contribution in [-0.2, 0) is 4.74 Å². The van der Waals surface area contributed by atoms with Gasteiger partial charge in [0.1, 0.15) is 0 Å². The van der Waals surface area contributed by atoms with Crippen LogP contribution in [0.5, 0.6) is 0 Å². The van der Waals surface area contributed by atoms with Crippen LogP contribution in [0.1, 0.15) is 51.9 Å². The second-order valence-corrected chi connectivity index (χ2v) is 5.98. The van der Waals surface area contributed by atoms with Gasteiger partial charge in [0.2, 0.25) is 0 Å². The molecule has 3 nitrogen and oxygen atoms in total. The molecule has 1 saturated carbocycles. The van der Waals surface area contributed by atoms with E-state index in [4.69, 9.17) is 4.74 Å². The minimum Gasteiger partial charge on any atom is -0.393 e. The SMILES string of the molecule is CCC1CN(CC2CCCCCC2O)CCCO1. The third-order valence-corrected chi connectivity index (χ3v) is 4.50. The first-order valence-electron chi connectivity index (χ1n) is 7.81. The van der Waals surface area contributed by atoms with Gasteiger partial charge in [-0.05, 0) is 31.6 Å². The molecule has 0 aromatic carbocycles. The number of aliphatic hydroxyl groups excluding tert-OH is 1. The lowest BCUT2D eigenvalue weighted by Gasteiger charge is -2.29. The summed E-state index contributed by atoms with van der Waals surface area (Å²) in [4.78, 5) is 2.53. The summed E-state index contributed by atoms with van der Waals surface area (Å²) in [6.07, 6.45) is 8.58. The fourth-order valence-corrected chi connectivity index (χ4v) is 3.29. The van der Waals surface area contributed by atoms with E-state index in [9.17, 15) is 5.11 Å². The molecule has 1 N–H and O–H groups in total. The number of aliphatic hydroxyl groups is 1. The molecular formula is C15H29NO2. The van der Waals surface area contributed by atoms with Gasteiger partial charge in [-0.3, -0.25) is 0 Å². The maximum atomic E-state index is 10.2. The Morgan fingerprint density at radius 3 is 2.83 bits per heavy atom. The summed E-state index contributed by atoms with van der Waals surface area (Å²) in [6, 6.07) is 0. The van der Waals surface area contributed by atoms with Gasteiger partial charge < -0.3 is 14.7 Å². The summed E-state index contributed by atoms with van der Waals surface area (Å²) in [5, 5.41) is 10.2. The lowest BCUT2D eigenvalue weighted by Crippen LogP contribution is -2.38. The molecule has 0 bridgehead atoms. The molecule has 3 heteroatoms. The molecule has 2 rings (SSSR count). The Labute approximate surface area is 112 Å². The van der Waals surface area contributed by atoms with E-state index in [1.54, 1.807) is 0 Å². The third-order valence-electron chi connectivity index (χ3n) is 4.50. The van der Waals surface area contributed by atoms with Gasteiger partial charge in [-0.1, -0.05) is 26.2 Å². The summed E-state index contributed by atoms with van der Waals surface area (Å²) in [5.41, 5.74) is 0. The quantitative estimate of drug-likeness (QED) is 0.786. The average molecular weight is 255 g/mol. The molecule has 0 aromatic heterocycles. The zero-order valence-electron chi connectivity index (χ0n) is 11.8. The van der Waals surface area contributed by atoms with Crippen molar-refractivity contribution in [2.24, 2.45) is 5.92 Å². The minimum atomic E-state index is -0.0725. The second-order valence-electron chi connectivity index (χ2n) is 5.98. The zero-order chi connectivity index (χ0) is 12.8. The summed E-state index contributed by atoms with van der Waals surface area (Å²) in [6.45, 7) is 6.37. The number of nitrogens with zero attached hydrogens (tertiary/aromatic N) is 1. The third kappa shape index (κ3) is 4.22. The standard InChI is InChI=1S/C15H29NO2/c1-2-14-12-16(9-6-10-18-14)11-13-7-4-3-5-8-15(13)17/h13-15,17H,2-12H2,1H3. The first-order valence-corrected chi connectivity index (χ1v) is 7.81. The van der Waals surface area contributed by atoms with E-state index in [-0.39, 0.29) is 6.10 Å². The maximum absolute atomic E-state index is 10.2. The highest BCUT2D eigenvalue weighted by Crippen LogP contribution is 2.25. The van der Waals surface area contributed by atoms with Crippen molar-refractivity contribution in [3.8, 4) is 0 Å². The molecule has 0 amide bonds. The van der Waals surface area contributed by atoms with Crippen molar-refractivity contribution >= 4 is 0 Å². The van der Waals surface area contributed by atoms with Gasteiger partial charge in [0, 0.05) is 26.2 Å². The number of hydrogen-bond donors (Lipinski definition) is 1. The summed E-state index contributed by atoms with van der Waals surface area (Å²) >= 11 is 0. The molecule has 3 atom stereocenters. The molecule has 1 heterocycles. The van der Waals surface area contributed by atoms with E-state index in [1.165, 1.54) is 25.7 Å². The summed E-state index contributed by atoms with van der Waals surface area (Å²) < 4.78 is 5.82. The zero-order valence-corrected chi connectivity index (χ0v) is 11.8. The highest BCUT2D eigenvalue weighted by Gasteiger charge is 2.25. The second kappa shape index (κ2) is 7.46. The van der Waals surface area contributed by atoms with Crippen LogP contribution in [0.4, 0.5) is 0 Å². The van der Waals surface area contributed by atoms with Crippen molar-refractivity contribution < 1.29 is 9.84 Å². The topological polar surface area (TPSA) is 32.7 Å². The van der Waals surface area contributed by atoms with E-state index in [0.29, 0.717) is 12.0 Å². The van der Waals surface area contributed by atoms with Crippen LogP contribution >= 0.6 is 0 Å². The molecule has 1 aliphatic heterocycles. The van der Waals surface area contributed by atoms with Crippen LogP contribution in [0.3, 0.4) is 0 Å². The van der Waals surface area contributed by atoms with Gasteiger partial charge in [-0.2, -0.15) is 0 Å². The normalized spacial score (nSPS) is 36.0. The van der Waals surface area contributed by atoms with Crippen LogP contribution in [0.25, 0.3) is 0 Å². The molecule has 0 spiro atoms. The summed E-state index contributed by atoms with van der Waals surface area (Å²) in [5.74, 6) is 0.489. The lowest BCUT2D eigenvalue weighted by molar-refractivity contribution is 0.0383. The van der Waals surface area contributed by atoms with Crippen LogP contribution in [-0.4, -0.2) is 48.5 Å². The fourth-order valence-electron chi connectivity index (χ4n) is 3.29. The van der Waals surface area contributed by atoms with Gasteiger partial charge in [-0.25, -0.2) is 0 Å². The molecule has 1 aliphatic carbocycles. The monoisotopic (exact) mass is 255 g/mol. The first-order chi connectivity index (χ1) is 8.79. The van der Waals surface area contributed by atoms with Gasteiger partial charge >= 0.3 is 0 Å².